The summed E-state index contributed by atoms with van der Waals surface area (Å²) in [5.41, 5.74) is 4.04. The van der Waals surface area contributed by atoms with Crippen molar-refractivity contribution >= 4 is 11.5 Å². The number of aryl methyl sites for hydroxylation is 1. The first kappa shape index (κ1) is 16.4. The molecule has 0 radical (unpaired) electrons. The monoisotopic (exact) mass is 322 g/mol. The van der Waals surface area contributed by atoms with E-state index in [1.165, 1.54) is 24.5 Å². The largest absolute Gasteiger partial charge is 0.477 e. The minimum Gasteiger partial charge on any atom is -0.477 e. The highest BCUT2D eigenvalue weighted by Gasteiger charge is 2.13. The zero-order valence-electron chi connectivity index (χ0n) is 13.9. The Bertz CT molecular complexity index is 744. The second-order valence-corrected chi connectivity index (χ2v) is 6.20. The van der Waals surface area contributed by atoms with Gasteiger partial charge in [-0.25, -0.2) is 9.78 Å². The number of rotatable bonds is 5. The maximum absolute atomic E-state index is 11.2. The summed E-state index contributed by atoms with van der Waals surface area (Å²) < 4.78 is 0. The highest BCUT2D eigenvalue weighted by molar-refractivity contribution is 5.87. The van der Waals surface area contributed by atoms with Gasteiger partial charge in [0.1, 0.15) is 5.69 Å². The first-order chi connectivity index (χ1) is 11.6. The topological polar surface area (TPSA) is 53.4 Å². The normalized spacial score (nSPS) is 15.6. The van der Waals surface area contributed by atoms with Gasteiger partial charge in [-0.05, 0) is 50.6 Å². The zero-order valence-corrected chi connectivity index (χ0v) is 13.9. The van der Waals surface area contributed by atoms with E-state index in [4.69, 9.17) is 0 Å². The maximum Gasteiger partial charge on any atom is 0.354 e. The van der Waals surface area contributed by atoms with Crippen LogP contribution in [0.5, 0.6) is 0 Å². The van der Waals surface area contributed by atoms with Gasteiger partial charge in [-0.2, -0.15) is 0 Å². The number of hydrogen-bond acceptors (Lipinski definition) is 3. The average molecular weight is 322 g/mol. The quantitative estimate of drug-likeness (QED) is 0.913. The molecule has 1 aromatic carbocycles. The third-order valence-electron chi connectivity index (χ3n) is 4.36. The molecule has 2 heterocycles. The van der Waals surface area contributed by atoms with Crippen LogP contribution in [-0.2, 0) is 0 Å². The van der Waals surface area contributed by atoms with Crippen LogP contribution >= 0.6 is 0 Å². The van der Waals surface area contributed by atoms with Crippen molar-refractivity contribution in [3.05, 3.63) is 71.1 Å². The van der Waals surface area contributed by atoms with E-state index in [0.29, 0.717) is 5.69 Å². The van der Waals surface area contributed by atoms with Gasteiger partial charge in [-0.1, -0.05) is 42.0 Å². The summed E-state index contributed by atoms with van der Waals surface area (Å²) in [7, 11) is 0. The minimum absolute atomic E-state index is 0.0756. The fraction of sp³-hybridized carbons (Fsp3) is 0.300. The molecule has 0 saturated carbocycles. The standard InChI is InChI=1S/C20H22N2O2/c1-15-7-9-16(10-8-15)17(11-14-22-12-2-3-13-22)18-5-4-6-19(21-18)20(23)24/h4-11H,2-3,12-14H2,1H3,(H,23,24)/b17-11+. The van der Waals surface area contributed by atoms with Crippen molar-refractivity contribution in [2.45, 2.75) is 19.8 Å². The Labute approximate surface area is 142 Å². The molecule has 1 N–H and O–H groups in total. The van der Waals surface area contributed by atoms with Crippen LogP contribution in [0.1, 0.15) is 40.2 Å². The predicted molar refractivity (Wildman–Crippen MR) is 95.1 cm³/mol. The summed E-state index contributed by atoms with van der Waals surface area (Å²) in [5.74, 6) is -1.00. The zero-order chi connectivity index (χ0) is 16.9. The first-order valence-corrected chi connectivity index (χ1v) is 8.34. The SMILES string of the molecule is Cc1ccc(/C(=C\CN2CCCC2)c2cccc(C(=O)O)n2)cc1. The number of benzene rings is 1. The Hall–Kier alpha value is -2.46. The average Bonchev–Trinajstić information content (AvgIpc) is 3.10. The van der Waals surface area contributed by atoms with Gasteiger partial charge in [0.05, 0.1) is 5.69 Å². The summed E-state index contributed by atoms with van der Waals surface area (Å²) in [6.07, 6.45) is 4.67. The Morgan fingerprint density at radius 1 is 1.12 bits per heavy atom. The molecule has 0 atom stereocenters. The molecule has 0 amide bonds. The molecule has 1 aromatic heterocycles. The van der Waals surface area contributed by atoms with Crippen molar-refractivity contribution in [3.8, 4) is 0 Å². The summed E-state index contributed by atoms with van der Waals surface area (Å²) in [6, 6.07) is 13.4. The number of aromatic nitrogens is 1. The number of hydrogen-bond donors (Lipinski definition) is 1. The lowest BCUT2D eigenvalue weighted by Crippen LogP contribution is -2.19. The molecule has 0 spiro atoms. The molecule has 1 aliphatic heterocycles. The van der Waals surface area contributed by atoms with Gasteiger partial charge in [-0.15, -0.1) is 0 Å². The minimum atomic E-state index is -1.00. The Morgan fingerprint density at radius 3 is 2.46 bits per heavy atom. The molecule has 4 heteroatoms. The number of nitrogens with zero attached hydrogens (tertiary/aromatic N) is 2. The van der Waals surface area contributed by atoms with Gasteiger partial charge >= 0.3 is 5.97 Å². The predicted octanol–water partition coefficient (Wildman–Crippen LogP) is 3.62. The third kappa shape index (κ3) is 3.89. The van der Waals surface area contributed by atoms with E-state index in [-0.39, 0.29) is 5.69 Å². The second kappa shape index (κ2) is 7.41. The Kier molecular flexibility index (Phi) is 5.06. The van der Waals surface area contributed by atoms with Gasteiger partial charge in [0.15, 0.2) is 0 Å². The lowest BCUT2D eigenvalue weighted by atomic mass is 10.00. The summed E-state index contributed by atoms with van der Waals surface area (Å²) in [6.45, 7) is 5.17. The summed E-state index contributed by atoms with van der Waals surface area (Å²) >= 11 is 0. The molecule has 0 aliphatic carbocycles. The Balaban J connectivity index is 1.97. The van der Waals surface area contributed by atoms with Crippen molar-refractivity contribution < 1.29 is 9.90 Å². The molecular formula is C20H22N2O2. The number of carbonyl (C=O) groups is 1. The molecule has 2 aromatic rings. The van der Waals surface area contributed by atoms with E-state index in [2.05, 4.69) is 47.1 Å². The van der Waals surface area contributed by atoms with E-state index in [1.807, 2.05) is 6.07 Å². The van der Waals surface area contributed by atoms with Crippen LogP contribution < -0.4 is 0 Å². The lowest BCUT2D eigenvalue weighted by Gasteiger charge is -2.14. The number of carboxylic acid groups (broad SMARTS) is 1. The van der Waals surface area contributed by atoms with Crippen molar-refractivity contribution in [3.63, 3.8) is 0 Å². The second-order valence-electron chi connectivity index (χ2n) is 6.20. The molecule has 124 valence electrons. The van der Waals surface area contributed by atoms with Gasteiger partial charge in [0.2, 0.25) is 0 Å². The summed E-state index contributed by atoms with van der Waals surface area (Å²) in [4.78, 5) is 18.0. The van der Waals surface area contributed by atoms with Gasteiger partial charge in [0, 0.05) is 12.1 Å². The lowest BCUT2D eigenvalue weighted by molar-refractivity contribution is 0.0690. The van der Waals surface area contributed by atoms with Crippen LogP contribution in [0, 0.1) is 6.92 Å². The molecule has 1 aliphatic rings. The van der Waals surface area contributed by atoms with E-state index in [0.717, 1.165) is 30.8 Å². The first-order valence-electron chi connectivity index (χ1n) is 8.34. The van der Waals surface area contributed by atoms with Crippen LogP contribution in [0.4, 0.5) is 0 Å². The molecule has 1 fully saturated rings. The molecular weight excluding hydrogens is 300 g/mol. The third-order valence-corrected chi connectivity index (χ3v) is 4.36. The van der Waals surface area contributed by atoms with Gasteiger partial charge in [0.25, 0.3) is 0 Å². The summed E-state index contributed by atoms with van der Waals surface area (Å²) in [5, 5.41) is 9.21. The Morgan fingerprint density at radius 2 is 1.79 bits per heavy atom. The highest BCUT2D eigenvalue weighted by Crippen LogP contribution is 2.23. The van der Waals surface area contributed by atoms with Crippen LogP contribution in [-0.4, -0.2) is 40.6 Å². The molecule has 24 heavy (non-hydrogen) atoms. The van der Waals surface area contributed by atoms with E-state index in [9.17, 15) is 9.90 Å². The van der Waals surface area contributed by atoms with Gasteiger partial charge in [-0.3, -0.25) is 4.90 Å². The molecule has 3 rings (SSSR count). The van der Waals surface area contributed by atoms with Crippen LogP contribution in [0.25, 0.3) is 5.57 Å². The van der Waals surface area contributed by atoms with Crippen molar-refractivity contribution in [1.29, 1.82) is 0 Å². The number of carboxylic acids is 1. The van der Waals surface area contributed by atoms with Crippen LogP contribution in [0.2, 0.25) is 0 Å². The van der Waals surface area contributed by atoms with E-state index in [1.54, 1.807) is 6.07 Å². The van der Waals surface area contributed by atoms with Crippen molar-refractivity contribution in [1.82, 2.24) is 9.88 Å². The number of pyridine rings is 1. The molecule has 0 bridgehead atoms. The smallest absolute Gasteiger partial charge is 0.354 e. The van der Waals surface area contributed by atoms with Crippen LogP contribution in [0.15, 0.2) is 48.5 Å². The van der Waals surface area contributed by atoms with Crippen molar-refractivity contribution in [2.24, 2.45) is 0 Å². The number of likely N-dealkylation sites (tertiary alicyclic amines) is 1. The van der Waals surface area contributed by atoms with Crippen LogP contribution in [0.3, 0.4) is 0 Å². The molecule has 1 saturated heterocycles. The van der Waals surface area contributed by atoms with E-state index >= 15 is 0 Å². The molecule has 4 nitrogen and oxygen atoms in total. The fourth-order valence-electron chi connectivity index (χ4n) is 2.99. The highest BCUT2D eigenvalue weighted by atomic mass is 16.4. The maximum atomic E-state index is 11.2. The van der Waals surface area contributed by atoms with Crippen molar-refractivity contribution in [2.75, 3.05) is 19.6 Å². The number of aromatic carboxylic acids is 1. The fourth-order valence-corrected chi connectivity index (χ4v) is 2.99. The molecule has 0 unspecified atom stereocenters. The van der Waals surface area contributed by atoms with Gasteiger partial charge < -0.3 is 5.11 Å². The van der Waals surface area contributed by atoms with E-state index < -0.39 is 5.97 Å².